The lowest BCUT2D eigenvalue weighted by Gasteiger charge is -2.32. The van der Waals surface area contributed by atoms with Crippen molar-refractivity contribution in [1.29, 1.82) is 0 Å². The fourth-order valence-electron chi connectivity index (χ4n) is 5.62. The second-order valence-corrected chi connectivity index (χ2v) is 9.52. The fraction of sp³-hybridized carbons (Fsp3) is 0.458. The molecule has 5 heterocycles. The van der Waals surface area contributed by atoms with Crippen molar-refractivity contribution < 1.29 is 14.7 Å². The molecule has 176 valence electrons. The molecule has 1 saturated carbocycles. The van der Waals surface area contributed by atoms with Crippen LogP contribution in [0.25, 0.3) is 11.0 Å². The maximum absolute atomic E-state index is 12.9. The molecule has 34 heavy (non-hydrogen) atoms. The van der Waals surface area contributed by atoms with E-state index in [-0.39, 0.29) is 17.6 Å². The van der Waals surface area contributed by atoms with Crippen molar-refractivity contribution in [2.75, 3.05) is 18.4 Å². The van der Waals surface area contributed by atoms with E-state index in [0.29, 0.717) is 40.4 Å². The molecule has 3 aliphatic rings. The normalized spacial score (nSPS) is 22.4. The largest absolute Gasteiger partial charge is 0.477 e. The molecule has 2 aliphatic heterocycles. The topological polar surface area (TPSA) is 125 Å². The number of amides is 1. The number of nitrogens with one attached hydrogen (secondary N) is 2. The van der Waals surface area contributed by atoms with Gasteiger partial charge in [-0.2, -0.15) is 4.98 Å². The Morgan fingerprint density at radius 2 is 1.79 bits per heavy atom. The molecule has 1 aliphatic carbocycles. The Balaban J connectivity index is 1.22. The van der Waals surface area contributed by atoms with Gasteiger partial charge in [-0.25, -0.2) is 14.8 Å². The van der Waals surface area contributed by atoms with Gasteiger partial charge in [0.2, 0.25) is 5.95 Å². The summed E-state index contributed by atoms with van der Waals surface area (Å²) in [5.74, 6) is -0.0923. The van der Waals surface area contributed by atoms with E-state index in [1.165, 1.54) is 0 Å². The highest BCUT2D eigenvalue weighted by atomic mass is 16.4. The molecule has 10 heteroatoms. The van der Waals surface area contributed by atoms with Crippen molar-refractivity contribution >= 4 is 34.7 Å². The van der Waals surface area contributed by atoms with Gasteiger partial charge < -0.3 is 25.2 Å². The predicted molar refractivity (Wildman–Crippen MR) is 125 cm³/mol. The summed E-state index contributed by atoms with van der Waals surface area (Å²) in [6.45, 7) is 1.48. The van der Waals surface area contributed by atoms with Crippen LogP contribution in [-0.2, 0) is 0 Å². The monoisotopic (exact) mass is 461 g/mol. The Hall–Kier alpha value is -3.53. The van der Waals surface area contributed by atoms with Crippen molar-refractivity contribution in [3.05, 3.63) is 41.9 Å². The van der Waals surface area contributed by atoms with Crippen LogP contribution in [0.3, 0.4) is 0 Å². The number of likely N-dealkylation sites (tertiary alicyclic amines) is 1. The maximum Gasteiger partial charge on any atom is 0.352 e. The highest BCUT2D eigenvalue weighted by Gasteiger charge is 2.34. The van der Waals surface area contributed by atoms with Crippen LogP contribution in [0.5, 0.6) is 0 Å². The van der Waals surface area contributed by atoms with E-state index in [1.807, 2.05) is 9.47 Å². The number of anilines is 2. The summed E-state index contributed by atoms with van der Waals surface area (Å²) in [6, 6.07) is 6.08. The molecule has 2 saturated heterocycles. The number of hydrogen-bond acceptors (Lipinski definition) is 7. The average molecular weight is 462 g/mol. The summed E-state index contributed by atoms with van der Waals surface area (Å²) in [6.07, 6.45) is 9.53. The van der Waals surface area contributed by atoms with Crippen LogP contribution in [0.1, 0.15) is 65.4 Å². The number of carboxylic acid groups (broad SMARTS) is 1. The molecule has 3 aromatic rings. The third-order valence-corrected chi connectivity index (χ3v) is 7.24. The molecule has 1 amide bonds. The number of aromatic nitrogens is 4. The van der Waals surface area contributed by atoms with Gasteiger partial charge in [-0.05, 0) is 43.9 Å². The Kier molecular flexibility index (Phi) is 5.17. The molecule has 3 aromatic heterocycles. The molecule has 0 radical (unpaired) electrons. The SMILES string of the molecule is O=C(O)c1cc2cnc(Nc3ccc(C(=O)N4CC5CCC(C4)N5)cn3)nc2n1C1CCCC1. The molecule has 2 bridgehead atoms. The van der Waals surface area contributed by atoms with Gasteiger partial charge in [-0.1, -0.05) is 12.8 Å². The van der Waals surface area contributed by atoms with E-state index in [4.69, 9.17) is 0 Å². The third kappa shape index (κ3) is 3.77. The molecule has 2 unspecified atom stereocenters. The van der Waals surface area contributed by atoms with E-state index in [1.54, 1.807) is 30.6 Å². The van der Waals surface area contributed by atoms with Crippen LogP contribution in [0.2, 0.25) is 0 Å². The molecule has 3 fully saturated rings. The average Bonchev–Trinajstić information content (AvgIpc) is 3.57. The predicted octanol–water partition coefficient (Wildman–Crippen LogP) is 2.96. The van der Waals surface area contributed by atoms with Gasteiger partial charge in [-0.3, -0.25) is 4.79 Å². The molecule has 10 nitrogen and oxygen atoms in total. The van der Waals surface area contributed by atoms with Gasteiger partial charge in [0, 0.05) is 49.0 Å². The van der Waals surface area contributed by atoms with E-state index in [2.05, 4.69) is 25.6 Å². The summed E-state index contributed by atoms with van der Waals surface area (Å²) in [5.41, 5.74) is 1.42. The lowest BCUT2D eigenvalue weighted by Crippen LogP contribution is -2.53. The number of carbonyl (C=O) groups is 2. The Labute approximate surface area is 196 Å². The molecule has 0 spiro atoms. The van der Waals surface area contributed by atoms with Crippen LogP contribution in [0.15, 0.2) is 30.6 Å². The van der Waals surface area contributed by atoms with Crippen LogP contribution < -0.4 is 10.6 Å². The summed E-state index contributed by atoms with van der Waals surface area (Å²) < 4.78 is 1.84. The second kappa shape index (κ2) is 8.35. The molecule has 2 atom stereocenters. The number of hydrogen-bond donors (Lipinski definition) is 3. The summed E-state index contributed by atoms with van der Waals surface area (Å²) in [4.78, 5) is 40.0. The first-order chi connectivity index (χ1) is 16.5. The number of aromatic carboxylic acids is 1. The van der Waals surface area contributed by atoms with Gasteiger partial charge >= 0.3 is 5.97 Å². The Bertz CT molecular complexity index is 1240. The quantitative estimate of drug-likeness (QED) is 0.530. The number of rotatable bonds is 5. The molecule has 3 N–H and O–H groups in total. The van der Waals surface area contributed by atoms with Crippen molar-refractivity contribution in [3.8, 4) is 0 Å². The van der Waals surface area contributed by atoms with Gasteiger partial charge in [0.1, 0.15) is 17.2 Å². The van der Waals surface area contributed by atoms with Gasteiger partial charge in [0.25, 0.3) is 5.91 Å². The van der Waals surface area contributed by atoms with Crippen LogP contribution in [-0.4, -0.2) is 66.6 Å². The summed E-state index contributed by atoms with van der Waals surface area (Å²) >= 11 is 0. The number of pyridine rings is 1. The zero-order chi connectivity index (χ0) is 23.2. The minimum Gasteiger partial charge on any atom is -0.477 e. The molecular formula is C24H27N7O3. The lowest BCUT2D eigenvalue weighted by atomic mass is 10.2. The van der Waals surface area contributed by atoms with E-state index in [0.717, 1.165) is 51.6 Å². The highest BCUT2D eigenvalue weighted by molar-refractivity contribution is 5.95. The fourth-order valence-corrected chi connectivity index (χ4v) is 5.62. The zero-order valence-electron chi connectivity index (χ0n) is 18.8. The first-order valence-corrected chi connectivity index (χ1v) is 11.9. The van der Waals surface area contributed by atoms with E-state index in [9.17, 15) is 14.7 Å². The van der Waals surface area contributed by atoms with Gasteiger partial charge in [0.05, 0.1) is 5.56 Å². The third-order valence-electron chi connectivity index (χ3n) is 7.24. The van der Waals surface area contributed by atoms with Crippen LogP contribution in [0.4, 0.5) is 11.8 Å². The first-order valence-electron chi connectivity index (χ1n) is 11.9. The summed E-state index contributed by atoms with van der Waals surface area (Å²) in [7, 11) is 0. The van der Waals surface area contributed by atoms with Crippen molar-refractivity contribution in [3.63, 3.8) is 0 Å². The van der Waals surface area contributed by atoms with Crippen molar-refractivity contribution in [2.24, 2.45) is 0 Å². The van der Waals surface area contributed by atoms with Gasteiger partial charge in [0.15, 0.2) is 0 Å². The minimum absolute atomic E-state index is 0.00529. The van der Waals surface area contributed by atoms with Crippen LogP contribution in [0, 0.1) is 0 Å². The summed E-state index contributed by atoms with van der Waals surface area (Å²) in [5, 5.41) is 17.0. The van der Waals surface area contributed by atoms with E-state index >= 15 is 0 Å². The smallest absolute Gasteiger partial charge is 0.352 e. The van der Waals surface area contributed by atoms with Crippen molar-refractivity contribution in [2.45, 2.75) is 56.7 Å². The lowest BCUT2D eigenvalue weighted by molar-refractivity contribution is 0.0679. The Morgan fingerprint density at radius 3 is 2.47 bits per heavy atom. The molecule has 0 aromatic carbocycles. The second-order valence-electron chi connectivity index (χ2n) is 9.52. The molecular weight excluding hydrogens is 434 g/mol. The number of piperazine rings is 1. The number of carboxylic acids is 1. The van der Waals surface area contributed by atoms with E-state index < -0.39 is 5.97 Å². The highest BCUT2D eigenvalue weighted by Crippen LogP contribution is 2.34. The maximum atomic E-state index is 12.9. The minimum atomic E-state index is -0.959. The van der Waals surface area contributed by atoms with Gasteiger partial charge in [-0.15, -0.1) is 0 Å². The number of fused-ring (bicyclic) bond motifs is 3. The Morgan fingerprint density at radius 1 is 1.03 bits per heavy atom. The van der Waals surface area contributed by atoms with Crippen molar-refractivity contribution in [1.82, 2.24) is 29.7 Å². The molecule has 6 rings (SSSR count). The number of carbonyl (C=O) groups excluding carboxylic acids is 1. The standard InChI is InChI=1S/C24H27N7O3/c32-22(30-12-16-6-7-17(13-30)27-16)14-5-8-20(25-10-14)28-24-26-11-15-9-19(23(33)34)31(21(15)29-24)18-3-1-2-4-18/h5,8-11,16-18,27H,1-4,6-7,12-13H2,(H,33,34)(H,25,26,28,29). The first kappa shape index (κ1) is 21.0. The van der Waals surface area contributed by atoms with Crippen LogP contribution >= 0.6 is 0 Å². The zero-order valence-corrected chi connectivity index (χ0v) is 18.8. The number of nitrogens with zero attached hydrogens (tertiary/aromatic N) is 5.